The normalized spacial score (nSPS) is 14.3. The number of nitrogens with zero attached hydrogens (tertiary/aromatic N) is 3. The zero-order valence-electron chi connectivity index (χ0n) is 49.2. The Morgan fingerprint density at radius 3 is 1.81 bits per heavy atom. The average Bonchev–Trinajstić information content (AvgIpc) is 3.68. The van der Waals surface area contributed by atoms with Gasteiger partial charge in [0.2, 0.25) is 0 Å². The number of hydrogen-bond donors (Lipinski definition) is 1. The molecule has 8 aromatic rings. The molecule has 69 heavy (non-hydrogen) atoms. The molecule has 0 bridgehead atoms. The van der Waals surface area contributed by atoms with Crippen LogP contribution in [0.15, 0.2) is 121 Å². The molecule has 1 N–H and O–H groups in total. The Kier molecular flexibility index (Phi) is 12.2. The molecule has 8 rings (SSSR count). The van der Waals surface area contributed by atoms with Crippen LogP contribution in [-0.4, -0.2) is 19.6 Å². The number of rotatable bonds is 9. The predicted molar refractivity (Wildman–Crippen MR) is 290 cm³/mol. The van der Waals surface area contributed by atoms with Gasteiger partial charge in [-0.2, -0.15) is 0 Å². The van der Waals surface area contributed by atoms with Gasteiger partial charge in [-0.1, -0.05) is 188 Å². The van der Waals surface area contributed by atoms with Gasteiger partial charge in [-0.3, -0.25) is 9.55 Å². The summed E-state index contributed by atoms with van der Waals surface area (Å²) in [7, 11) is 0. The molecule has 0 aliphatic heterocycles. The molecule has 0 aliphatic rings. The van der Waals surface area contributed by atoms with Gasteiger partial charge in [-0.25, -0.2) is 4.98 Å². The SMILES string of the molecule is [2H]C([2H])([2H])c1cc(-c2c(C([2H])(C)C)cccc2C([2H])(C)C)ccc1-n1c(-c2cc(C(C)(C)C)cc(C(C)(C)C)c2O)nc2c(-c3[c-]c(-c4cc(-c5ccc(C([2H])(C)C)cc5)ccn4)cc(C(C)(C)C)c3)cccc21.[Pt]. The molecular formula is C64H72N3OPt-. The maximum absolute atomic E-state index is 12.6. The van der Waals surface area contributed by atoms with Crippen LogP contribution >= 0.6 is 0 Å². The molecule has 4 nitrogen and oxygen atoms in total. The zero-order chi connectivity index (χ0) is 54.5. The minimum absolute atomic E-state index is 0. The Balaban J connectivity index is 0.00000820. The van der Waals surface area contributed by atoms with E-state index in [-0.39, 0.29) is 43.2 Å². The molecule has 0 atom stereocenters. The number of phenolic OH excluding ortho intramolecular Hbond substituents is 1. The van der Waals surface area contributed by atoms with E-state index in [1.165, 1.54) is 0 Å². The number of hydrogen-bond acceptors (Lipinski definition) is 3. The van der Waals surface area contributed by atoms with E-state index in [0.717, 1.165) is 55.8 Å². The minimum atomic E-state index is -2.64. The van der Waals surface area contributed by atoms with Crippen molar-refractivity contribution < 1.29 is 34.4 Å². The zero-order valence-corrected chi connectivity index (χ0v) is 45.4. The molecule has 0 saturated carbocycles. The molecule has 0 spiro atoms. The Bertz CT molecular complexity index is 3410. The third kappa shape index (κ3) is 10.2. The molecule has 0 saturated heterocycles. The van der Waals surface area contributed by atoms with Crippen molar-refractivity contribution in [1.29, 1.82) is 0 Å². The summed E-state index contributed by atoms with van der Waals surface area (Å²) >= 11 is 0. The van der Waals surface area contributed by atoms with E-state index in [0.29, 0.717) is 50.4 Å². The van der Waals surface area contributed by atoms with Gasteiger partial charge in [0.25, 0.3) is 0 Å². The number of benzene rings is 6. The van der Waals surface area contributed by atoms with Gasteiger partial charge in [0.1, 0.15) is 11.6 Å². The van der Waals surface area contributed by atoms with Crippen molar-refractivity contribution in [1.82, 2.24) is 14.5 Å². The van der Waals surface area contributed by atoms with Crippen molar-refractivity contribution in [2.45, 2.75) is 145 Å². The number of aromatic hydroxyl groups is 1. The number of para-hydroxylation sites is 1. The molecule has 5 heteroatoms. The van der Waals surface area contributed by atoms with E-state index in [2.05, 4.69) is 105 Å². The summed E-state index contributed by atoms with van der Waals surface area (Å²) in [4.78, 5) is 10.4. The van der Waals surface area contributed by atoms with Gasteiger partial charge in [0.15, 0.2) is 0 Å². The van der Waals surface area contributed by atoms with E-state index in [4.69, 9.17) is 11.3 Å². The number of fused-ring (bicyclic) bond motifs is 1. The van der Waals surface area contributed by atoms with Crippen LogP contribution in [0.3, 0.4) is 0 Å². The Morgan fingerprint density at radius 2 is 1.22 bits per heavy atom. The van der Waals surface area contributed by atoms with E-state index in [1.807, 2.05) is 125 Å². The summed E-state index contributed by atoms with van der Waals surface area (Å²) in [6.45, 7) is 27.5. The number of phenols is 1. The number of aryl methyl sites for hydroxylation is 1. The molecule has 360 valence electrons. The molecular weight excluding hydrogens is 1020 g/mol. The quantitative estimate of drug-likeness (QED) is 0.147. The topological polar surface area (TPSA) is 50.9 Å². The number of imidazole rings is 1. The standard InChI is InChI=1S/C64H72N3O.Pt/c1-38(2)42-23-25-43(26-24-42)44-29-30-65-55(35-44)47-32-46(33-48(34-47)62(8,9)10)52-21-18-22-57-59(52)66-61(53-36-49(63(11,12)13)37-54(60(53)68)64(14,15)16)67(57)56-28-27-45(31-41(56)7)58-50(39(3)4)19-17-20-51(58)40(5)6;/h17-31,33-40,68H,1-16H3;/q-1;/i7D3,38D,39D,40D;. The Hall–Kier alpha value is -5.57. The smallest absolute Gasteiger partial charge is 0.148 e. The van der Waals surface area contributed by atoms with Gasteiger partial charge in [-0.05, 0) is 121 Å². The minimum Gasteiger partial charge on any atom is -0.507 e. The van der Waals surface area contributed by atoms with Gasteiger partial charge in [0, 0.05) is 46.7 Å². The van der Waals surface area contributed by atoms with Crippen LogP contribution in [0, 0.1) is 12.9 Å². The molecule has 2 aromatic heterocycles. The molecule has 2 heterocycles. The number of pyridine rings is 1. The van der Waals surface area contributed by atoms with E-state index in [1.54, 1.807) is 6.07 Å². The van der Waals surface area contributed by atoms with Gasteiger partial charge < -0.3 is 5.11 Å². The molecule has 0 unspecified atom stereocenters. The summed E-state index contributed by atoms with van der Waals surface area (Å²) in [6, 6.07) is 41.3. The van der Waals surface area contributed by atoms with Gasteiger partial charge >= 0.3 is 0 Å². The molecule has 0 radical (unpaired) electrons. The third-order valence-electron chi connectivity index (χ3n) is 13.2. The van der Waals surface area contributed by atoms with Crippen LogP contribution in [0.2, 0.25) is 0 Å². The van der Waals surface area contributed by atoms with E-state index >= 15 is 0 Å². The fourth-order valence-corrected chi connectivity index (χ4v) is 9.17. The van der Waals surface area contributed by atoms with Crippen LogP contribution in [0.5, 0.6) is 5.75 Å². The van der Waals surface area contributed by atoms with Gasteiger partial charge in [-0.15, -0.1) is 29.3 Å². The maximum atomic E-state index is 12.6. The predicted octanol–water partition coefficient (Wildman–Crippen LogP) is 17.8. The monoisotopic (exact) mass is 1100 g/mol. The van der Waals surface area contributed by atoms with Crippen LogP contribution in [0.25, 0.3) is 72.7 Å². The van der Waals surface area contributed by atoms with Crippen LogP contribution in [0.1, 0.15) is 169 Å². The molecule has 6 aromatic carbocycles. The van der Waals surface area contributed by atoms with Crippen molar-refractivity contribution in [3.05, 3.63) is 166 Å². The first-order chi connectivity index (χ1) is 34.0. The first-order valence-electron chi connectivity index (χ1n) is 26.9. The fraction of sp³-hybridized carbons (Fsp3) is 0.344. The van der Waals surface area contributed by atoms with Crippen LogP contribution in [0.4, 0.5) is 0 Å². The summed E-state index contributed by atoms with van der Waals surface area (Å²) < 4.78 is 56.5. The number of aromatic nitrogens is 3. The van der Waals surface area contributed by atoms with Gasteiger partial charge in [0.05, 0.1) is 22.3 Å². The maximum Gasteiger partial charge on any atom is 0.148 e. The summed E-state index contributed by atoms with van der Waals surface area (Å²) in [6.07, 6.45) is 1.82. The van der Waals surface area contributed by atoms with Crippen molar-refractivity contribution in [3.63, 3.8) is 0 Å². The first kappa shape index (κ1) is 43.4. The second-order valence-corrected chi connectivity index (χ2v) is 22.3. The van der Waals surface area contributed by atoms with E-state index in [9.17, 15) is 12.0 Å². The summed E-state index contributed by atoms with van der Waals surface area (Å²) in [5.41, 5.74) is 12.5. The summed E-state index contributed by atoms with van der Waals surface area (Å²) in [5, 5.41) is 12.6. The molecule has 0 aliphatic carbocycles. The van der Waals surface area contributed by atoms with E-state index < -0.39 is 29.9 Å². The average molecular weight is 1100 g/mol. The fourth-order valence-electron chi connectivity index (χ4n) is 9.17. The molecule has 0 amide bonds. The second kappa shape index (κ2) is 19.3. The summed E-state index contributed by atoms with van der Waals surface area (Å²) in [5.74, 6) is -2.40. The van der Waals surface area contributed by atoms with Crippen LogP contribution in [-0.2, 0) is 37.3 Å². The third-order valence-corrected chi connectivity index (χ3v) is 13.2. The van der Waals surface area contributed by atoms with Crippen molar-refractivity contribution >= 4 is 11.0 Å². The van der Waals surface area contributed by atoms with Crippen molar-refractivity contribution in [3.8, 4) is 67.5 Å². The Labute approximate surface area is 436 Å². The largest absolute Gasteiger partial charge is 0.507 e. The first-order valence-corrected chi connectivity index (χ1v) is 23.9. The second-order valence-electron chi connectivity index (χ2n) is 22.3. The van der Waals surface area contributed by atoms with Crippen molar-refractivity contribution in [2.75, 3.05) is 0 Å². The molecule has 0 fully saturated rings. The van der Waals surface area contributed by atoms with Crippen LogP contribution < -0.4 is 0 Å². The Morgan fingerprint density at radius 1 is 0.609 bits per heavy atom. The van der Waals surface area contributed by atoms with Crippen molar-refractivity contribution in [2.24, 2.45) is 0 Å².